The molecular weight excluding hydrogens is 387 g/mol. The molecule has 1 aromatic heterocycles. The Hall–Kier alpha value is -2.06. The second-order valence-corrected chi connectivity index (χ2v) is 7.86. The Bertz CT molecular complexity index is 784. The predicted molar refractivity (Wildman–Crippen MR) is 106 cm³/mol. The molecule has 152 valence electrons. The van der Waals surface area contributed by atoms with Crippen molar-refractivity contribution in [2.75, 3.05) is 26.8 Å². The maximum absolute atomic E-state index is 13.2. The first-order valence-electron chi connectivity index (χ1n) is 9.15. The highest BCUT2D eigenvalue weighted by Crippen LogP contribution is 2.37. The second-order valence-electron chi connectivity index (χ2n) is 6.83. The minimum absolute atomic E-state index is 0.430. The van der Waals surface area contributed by atoms with Gasteiger partial charge in [-0.3, -0.25) is 4.99 Å². The fourth-order valence-electron chi connectivity index (χ4n) is 3.41. The number of hydrogen-bond donors (Lipinski definition) is 2. The Morgan fingerprint density at radius 2 is 1.96 bits per heavy atom. The van der Waals surface area contributed by atoms with Crippen LogP contribution in [0.25, 0.3) is 0 Å². The molecule has 1 aliphatic heterocycles. The summed E-state index contributed by atoms with van der Waals surface area (Å²) < 4.78 is 45.1. The van der Waals surface area contributed by atoms with Crippen LogP contribution in [0, 0.1) is 0 Å². The Balaban J connectivity index is 1.74. The molecule has 0 atom stereocenters. The lowest BCUT2D eigenvalue weighted by Crippen LogP contribution is -2.48. The number of thiophene rings is 1. The molecule has 4 nitrogen and oxygen atoms in total. The van der Waals surface area contributed by atoms with Gasteiger partial charge in [-0.05, 0) is 35.9 Å². The molecule has 2 N–H and O–H groups in total. The number of nitrogens with zero attached hydrogens (tertiary/aromatic N) is 1. The molecule has 0 radical (unpaired) electrons. The van der Waals surface area contributed by atoms with Gasteiger partial charge in [-0.25, -0.2) is 0 Å². The van der Waals surface area contributed by atoms with Crippen LogP contribution >= 0.6 is 11.3 Å². The van der Waals surface area contributed by atoms with Gasteiger partial charge >= 0.3 is 6.18 Å². The fourth-order valence-corrected chi connectivity index (χ4v) is 4.06. The summed E-state index contributed by atoms with van der Waals surface area (Å²) in [6.07, 6.45) is -3.04. The fraction of sp³-hybridized carbons (Fsp3) is 0.450. The molecule has 1 aliphatic rings. The number of guanidine groups is 1. The van der Waals surface area contributed by atoms with Crippen molar-refractivity contribution in [2.24, 2.45) is 4.99 Å². The average Bonchev–Trinajstić information content (AvgIpc) is 3.22. The number of benzene rings is 1. The van der Waals surface area contributed by atoms with Crippen LogP contribution in [0.2, 0.25) is 0 Å². The Kier molecular flexibility index (Phi) is 6.61. The van der Waals surface area contributed by atoms with Crippen LogP contribution in [0.3, 0.4) is 0 Å². The van der Waals surface area contributed by atoms with Crippen molar-refractivity contribution in [3.8, 4) is 0 Å². The maximum Gasteiger partial charge on any atom is 0.416 e. The molecule has 2 heterocycles. The Morgan fingerprint density at radius 1 is 1.18 bits per heavy atom. The van der Waals surface area contributed by atoms with Gasteiger partial charge in [0.1, 0.15) is 0 Å². The van der Waals surface area contributed by atoms with Crippen LogP contribution in [0.4, 0.5) is 13.2 Å². The second kappa shape index (κ2) is 8.96. The lowest BCUT2D eigenvalue weighted by atomic mass is 9.73. The summed E-state index contributed by atoms with van der Waals surface area (Å²) in [6.45, 7) is 2.19. The highest BCUT2D eigenvalue weighted by Gasteiger charge is 2.37. The SMILES string of the molecule is CN=C(NCc1cccs1)NCC1(c2cccc(C(F)(F)F)c2)CCOCC1. The van der Waals surface area contributed by atoms with Gasteiger partial charge in [0.25, 0.3) is 0 Å². The molecule has 28 heavy (non-hydrogen) atoms. The molecule has 8 heteroatoms. The summed E-state index contributed by atoms with van der Waals surface area (Å²) in [7, 11) is 1.69. The molecule has 1 aromatic carbocycles. The molecule has 0 saturated carbocycles. The van der Waals surface area contributed by atoms with E-state index in [0.29, 0.717) is 50.7 Å². The predicted octanol–water partition coefficient (Wildman–Crippen LogP) is 4.18. The zero-order valence-corrected chi connectivity index (χ0v) is 16.5. The van der Waals surface area contributed by atoms with Gasteiger partial charge < -0.3 is 15.4 Å². The van der Waals surface area contributed by atoms with Crippen LogP contribution in [-0.2, 0) is 22.9 Å². The molecule has 1 fully saturated rings. The first-order valence-corrected chi connectivity index (χ1v) is 10.0. The summed E-state index contributed by atoms with van der Waals surface area (Å²) >= 11 is 1.65. The monoisotopic (exact) mass is 411 g/mol. The number of hydrogen-bond acceptors (Lipinski definition) is 3. The standard InChI is InChI=1S/C20H24F3N3OS/c1-24-18(25-13-17-6-3-11-28-17)26-14-19(7-9-27-10-8-19)15-4-2-5-16(12-15)20(21,22)23/h2-6,11-12H,7-10,13-14H2,1H3,(H2,24,25,26). The molecule has 0 spiro atoms. The third-order valence-corrected chi connectivity index (χ3v) is 5.96. The zero-order valence-electron chi connectivity index (χ0n) is 15.7. The molecular formula is C20H24F3N3OS. The van der Waals surface area contributed by atoms with Gasteiger partial charge in [0.15, 0.2) is 5.96 Å². The van der Waals surface area contributed by atoms with E-state index >= 15 is 0 Å². The number of rotatable bonds is 5. The van der Waals surface area contributed by atoms with Crippen LogP contribution in [0.5, 0.6) is 0 Å². The molecule has 1 saturated heterocycles. The van der Waals surface area contributed by atoms with E-state index < -0.39 is 17.2 Å². The van der Waals surface area contributed by atoms with Crippen molar-refractivity contribution in [1.82, 2.24) is 10.6 Å². The van der Waals surface area contributed by atoms with E-state index in [9.17, 15) is 13.2 Å². The van der Waals surface area contributed by atoms with E-state index in [0.717, 1.165) is 6.07 Å². The molecule has 0 aliphatic carbocycles. The minimum atomic E-state index is -4.35. The van der Waals surface area contributed by atoms with Crippen LogP contribution in [-0.4, -0.2) is 32.8 Å². The van der Waals surface area contributed by atoms with Crippen LogP contribution < -0.4 is 10.6 Å². The normalized spacial score (nSPS) is 17.4. The van der Waals surface area contributed by atoms with Crippen LogP contribution in [0.1, 0.15) is 28.8 Å². The van der Waals surface area contributed by atoms with Crippen molar-refractivity contribution in [3.05, 3.63) is 57.8 Å². The topological polar surface area (TPSA) is 45.7 Å². The van der Waals surface area contributed by atoms with E-state index in [1.807, 2.05) is 17.5 Å². The van der Waals surface area contributed by atoms with Gasteiger partial charge in [-0.15, -0.1) is 11.3 Å². The Morgan fingerprint density at radius 3 is 2.61 bits per heavy atom. The van der Waals surface area contributed by atoms with E-state index in [1.54, 1.807) is 24.5 Å². The molecule has 3 rings (SSSR count). The quantitative estimate of drug-likeness (QED) is 0.573. The number of aliphatic imine (C=N–C) groups is 1. The van der Waals surface area contributed by atoms with Crippen molar-refractivity contribution in [1.29, 1.82) is 0 Å². The number of alkyl halides is 3. The summed E-state index contributed by atoms with van der Waals surface area (Å²) in [4.78, 5) is 5.42. The molecule has 0 bridgehead atoms. The summed E-state index contributed by atoms with van der Waals surface area (Å²) in [5.74, 6) is 0.631. The Labute approximate surface area is 166 Å². The van der Waals surface area contributed by atoms with Gasteiger partial charge in [0.2, 0.25) is 0 Å². The van der Waals surface area contributed by atoms with Gasteiger partial charge in [-0.2, -0.15) is 13.2 Å². The van der Waals surface area contributed by atoms with E-state index in [1.165, 1.54) is 17.0 Å². The lowest BCUT2D eigenvalue weighted by molar-refractivity contribution is -0.137. The lowest BCUT2D eigenvalue weighted by Gasteiger charge is -2.38. The van der Waals surface area contributed by atoms with Gasteiger partial charge in [0, 0.05) is 37.1 Å². The van der Waals surface area contributed by atoms with Crippen molar-refractivity contribution in [2.45, 2.75) is 31.0 Å². The average molecular weight is 411 g/mol. The maximum atomic E-state index is 13.2. The highest BCUT2D eigenvalue weighted by molar-refractivity contribution is 7.09. The van der Waals surface area contributed by atoms with Crippen molar-refractivity contribution < 1.29 is 17.9 Å². The summed E-state index contributed by atoms with van der Waals surface area (Å²) in [6, 6.07) is 9.68. The third kappa shape index (κ3) is 5.05. The summed E-state index contributed by atoms with van der Waals surface area (Å²) in [5, 5.41) is 8.57. The molecule has 2 aromatic rings. The zero-order chi connectivity index (χ0) is 20.0. The highest BCUT2D eigenvalue weighted by atomic mass is 32.1. The first kappa shape index (κ1) is 20.7. The molecule has 0 unspecified atom stereocenters. The van der Waals surface area contributed by atoms with Crippen LogP contribution in [0.15, 0.2) is 46.8 Å². The smallest absolute Gasteiger partial charge is 0.381 e. The number of ether oxygens (including phenoxy) is 1. The van der Waals surface area contributed by atoms with Crippen molar-refractivity contribution >= 4 is 17.3 Å². The molecule has 0 amide bonds. The van der Waals surface area contributed by atoms with E-state index in [-0.39, 0.29) is 0 Å². The van der Waals surface area contributed by atoms with Crippen molar-refractivity contribution in [3.63, 3.8) is 0 Å². The minimum Gasteiger partial charge on any atom is -0.381 e. The number of halogens is 3. The van der Waals surface area contributed by atoms with E-state index in [4.69, 9.17) is 4.74 Å². The number of nitrogens with one attached hydrogen (secondary N) is 2. The van der Waals surface area contributed by atoms with Gasteiger partial charge in [0.05, 0.1) is 12.1 Å². The first-order chi connectivity index (χ1) is 13.4. The van der Waals surface area contributed by atoms with E-state index in [2.05, 4.69) is 15.6 Å². The van der Waals surface area contributed by atoms with Gasteiger partial charge in [-0.1, -0.05) is 24.3 Å². The largest absolute Gasteiger partial charge is 0.416 e. The summed E-state index contributed by atoms with van der Waals surface area (Å²) in [5.41, 5.74) is -0.358. The third-order valence-electron chi connectivity index (χ3n) is 5.08.